The van der Waals surface area contributed by atoms with Gasteiger partial charge in [0.2, 0.25) is 0 Å². The van der Waals surface area contributed by atoms with Gasteiger partial charge < -0.3 is 10.1 Å². The Labute approximate surface area is 173 Å². The molecule has 1 N–H and O–H groups in total. The van der Waals surface area contributed by atoms with Crippen LogP contribution in [0.15, 0.2) is 84.0 Å². The molecule has 144 valence electrons. The van der Waals surface area contributed by atoms with Gasteiger partial charge in [-0.3, -0.25) is 9.78 Å². The number of amides is 1. The largest absolute Gasteiger partial charge is 0.497 e. The third-order valence-corrected chi connectivity index (χ3v) is 5.45. The summed E-state index contributed by atoms with van der Waals surface area (Å²) in [6, 6.07) is 20.9. The third-order valence-electron chi connectivity index (χ3n) is 4.37. The van der Waals surface area contributed by atoms with E-state index >= 15 is 0 Å². The van der Waals surface area contributed by atoms with Gasteiger partial charge in [0, 0.05) is 34.1 Å². The molecule has 0 unspecified atom stereocenters. The number of pyridine rings is 2. The van der Waals surface area contributed by atoms with E-state index in [2.05, 4.69) is 21.4 Å². The first-order chi connectivity index (χ1) is 14.2. The van der Waals surface area contributed by atoms with Gasteiger partial charge in [0.05, 0.1) is 12.6 Å². The highest BCUT2D eigenvalue weighted by Gasteiger charge is 2.09. The Morgan fingerprint density at radius 1 is 1.07 bits per heavy atom. The van der Waals surface area contributed by atoms with Gasteiger partial charge in [0.1, 0.15) is 11.4 Å². The molecule has 29 heavy (non-hydrogen) atoms. The van der Waals surface area contributed by atoms with Crippen LogP contribution in [-0.2, 0) is 5.75 Å². The number of hydrogen-bond donors (Lipinski definition) is 1. The van der Waals surface area contributed by atoms with Crippen LogP contribution in [-0.4, -0.2) is 23.0 Å². The summed E-state index contributed by atoms with van der Waals surface area (Å²) >= 11 is 1.73. The summed E-state index contributed by atoms with van der Waals surface area (Å²) in [5, 5.41) is 3.83. The van der Waals surface area contributed by atoms with Gasteiger partial charge in [-0.2, -0.15) is 0 Å². The number of thioether (sulfide) groups is 1. The first-order valence-electron chi connectivity index (χ1n) is 9.09. The average molecular weight is 401 g/mol. The first-order valence-corrected chi connectivity index (χ1v) is 10.1. The van der Waals surface area contributed by atoms with E-state index in [0.29, 0.717) is 5.69 Å². The molecule has 6 heteroatoms. The van der Waals surface area contributed by atoms with Crippen molar-refractivity contribution < 1.29 is 9.53 Å². The van der Waals surface area contributed by atoms with E-state index in [9.17, 15) is 4.79 Å². The third kappa shape index (κ3) is 4.73. The molecular weight excluding hydrogens is 382 g/mol. The Hall–Kier alpha value is -3.38. The Morgan fingerprint density at radius 3 is 2.69 bits per heavy atom. The van der Waals surface area contributed by atoms with Crippen molar-refractivity contribution in [1.29, 1.82) is 0 Å². The van der Waals surface area contributed by atoms with Crippen LogP contribution in [0.4, 0.5) is 5.69 Å². The molecule has 1 amide bonds. The maximum atomic E-state index is 12.6. The van der Waals surface area contributed by atoms with E-state index in [1.807, 2.05) is 60.8 Å². The number of nitrogens with one attached hydrogen (secondary N) is 1. The maximum Gasteiger partial charge on any atom is 0.274 e. The van der Waals surface area contributed by atoms with Gasteiger partial charge in [-0.1, -0.05) is 12.1 Å². The predicted molar refractivity (Wildman–Crippen MR) is 116 cm³/mol. The molecule has 0 aliphatic rings. The summed E-state index contributed by atoms with van der Waals surface area (Å²) in [7, 11) is 1.62. The lowest BCUT2D eigenvalue weighted by molar-refractivity contribution is 0.102. The van der Waals surface area contributed by atoms with Crippen LogP contribution in [0.25, 0.3) is 10.9 Å². The summed E-state index contributed by atoms with van der Waals surface area (Å²) in [6.07, 6.45) is 3.64. The molecule has 0 aliphatic carbocycles. The number of fused-ring (bicyclic) bond motifs is 1. The zero-order valence-electron chi connectivity index (χ0n) is 15.8. The van der Waals surface area contributed by atoms with Gasteiger partial charge in [-0.15, -0.1) is 11.8 Å². The van der Waals surface area contributed by atoms with Crippen LogP contribution in [0, 0.1) is 0 Å². The molecule has 0 spiro atoms. The minimum atomic E-state index is -0.238. The molecule has 0 fully saturated rings. The van der Waals surface area contributed by atoms with Crippen molar-refractivity contribution in [1.82, 2.24) is 9.97 Å². The highest BCUT2D eigenvalue weighted by Crippen LogP contribution is 2.24. The van der Waals surface area contributed by atoms with Gasteiger partial charge in [-0.25, -0.2) is 4.98 Å². The smallest absolute Gasteiger partial charge is 0.274 e. The second-order valence-corrected chi connectivity index (χ2v) is 7.43. The summed E-state index contributed by atoms with van der Waals surface area (Å²) < 4.78 is 5.22. The van der Waals surface area contributed by atoms with Crippen molar-refractivity contribution in [3.63, 3.8) is 0 Å². The van der Waals surface area contributed by atoms with E-state index in [-0.39, 0.29) is 5.91 Å². The molecule has 0 saturated carbocycles. The van der Waals surface area contributed by atoms with Crippen LogP contribution in [0.1, 0.15) is 16.1 Å². The minimum absolute atomic E-state index is 0.238. The fourth-order valence-electron chi connectivity index (χ4n) is 2.84. The fraction of sp³-hybridized carbons (Fsp3) is 0.0870. The van der Waals surface area contributed by atoms with Crippen LogP contribution >= 0.6 is 11.8 Å². The van der Waals surface area contributed by atoms with Crippen molar-refractivity contribution >= 4 is 34.3 Å². The van der Waals surface area contributed by atoms with Crippen LogP contribution in [0.2, 0.25) is 0 Å². The van der Waals surface area contributed by atoms with Gasteiger partial charge in [0.15, 0.2) is 0 Å². The topological polar surface area (TPSA) is 64.1 Å². The van der Waals surface area contributed by atoms with Crippen molar-refractivity contribution in [3.05, 3.63) is 90.4 Å². The molecule has 0 radical (unpaired) electrons. The fourth-order valence-corrected chi connectivity index (χ4v) is 3.67. The lowest BCUT2D eigenvalue weighted by Gasteiger charge is -2.08. The molecule has 0 atom stereocenters. The number of nitrogens with zero attached hydrogens (tertiary/aromatic N) is 2. The second-order valence-electron chi connectivity index (χ2n) is 6.38. The van der Waals surface area contributed by atoms with Crippen molar-refractivity contribution in [2.45, 2.75) is 10.6 Å². The summed E-state index contributed by atoms with van der Waals surface area (Å²) in [4.78, 5) is 22.3. The monoisotopic (exact) mass is 401 g/mol. The molecule has 0 saturated heterocycles. The molecule has 2 aromatic heterocycles. The number of carbonyl (C=O) groups is 1. The Balaban J connectivity index is 1.40. The highest BCUT2D eigenvalue weighted by atomic mass is 32.2. The average Bonchev–Trinajstić information content (AvgIpc) is 2.78. The number of aromatic nitrogens is 2. The summed E-state index contributed by atoms with van der Waals surface area (Å²) in [6.45, 7) is 0. The van der Waals surface area contributed by atoms with Crippen LogP contribution in [0.5, 0.6) is 5.75 Å². The molecule has 5 nitrogen and oxygen atoms in total. The van der Waals surface area contributed by atoms with E-state index < -0.39 is 0 Å². The zero-order valence-corrected chi connectivity index (χ0v) is 16.6. The predicted octanol–water partition coefficient (Wildman–Crippen LogP) is 5.18. The zero-order chi connectivity index (χ0) is 20.1. The maximum absolute atomic E-state index is 12.6. The highest BCUT2D eigenvalue weighted by molar-refractivity contribution is 7.98. The van der Waals surface area contributed by atoms with Crippen molar-refractivity contribution in [2.24, 2.45) is 0 Å². The Bertz CT molecular complexity index is 1130. The van der Waals surface area contributed by atoms with Crippen LogP contribution in [0.3, 0.4) is 0 Å². The molecule has 0 aliphatic heterocycles. The quantitative estimate of drug-likeness (QED) is 0.451. The van der Waals surface area contributed by atoms with E-state index in [1.165, 1.54) is 5.56 Å². The summed E-state index contributed by atoms with van der Waals surface area (Å²) in [5.41, 5.74) is 3.03. The molecule has 4 aromatic rings. The minimum Gasteiger partial charge on any atom is -0.497 e. The van der Waals surface area contributed by atoms with Crippen LogP contribution < -0.4 is 10.1 Å². The molecule has 2 heterocycles. The van der Waals surface area contributed by atoms with E-state index in [1.54, 1.807) is 31.1 Å². The molecule has 0 bridgehead atoms. The molecule has 2 aromatic carbocycles. The Morgan fingerprint density at radius 2 is 1.93 bits per heavy atom. The number of methoxy groups -OCH3 is 1. The lowest BCUT2D eigenvalue weighted by Crippen LogP contribution is -2.13. The molecule has 4 rings (SSSR count). The normalized spacial score (nSPS) is 10.7. The number of ether oxygens (including phenoxy) is 1. The second kappa shape index (κ2) is 8.75. The number of carbonyl (C=O) groups excluding carboxylic acids is 1. The molecular formula is C23H19N3O2S. The van der Waals surface area contributed by atoms with Gasteiger partial charge >= 0.3 is 0 Å². The van der Waals surface area contributed by atoms with Gasteiger partial charge in [0.25, 0.3) is 5.91 Å². The van der Waals surface area contributed by atoms with Crippen molar-refractivity contribution in [2.75, 3.05) is 12.4 Å². The van der Waals surface area contributed by atoms with E-state index in [0.717, 1.165) is 33.0 Å². The standard InChI is InChI=1S/C23H19N3O2S/c1-28-19-7-11-21-17(13-19)4-10-22(26-21)23(27)25-18-5-8-20(9-6-18)29-15-16-3-2-12-24-14-16/h2-14H,15H2,1H3,(H,25,27). The number of hydrogen-bond acceptors (Lipinski definition) is 5. The number of rotatable bonds is 6. The SMILES string of the molecule is COc1ccc2nc(C(=O)Nc3ccc(SCc4cccnc4)cc3)ccc2c1. The number of anilines is 1. The van der Waals surface area contributed by atoms with Gasteiger partial charge in [-0.05, 0) is 60.2 Å². The number of benzene rings is 2. The lowest BCUT2D eigenvalue weighted by atomic mass is 10.2. The van der Waals surface area contributed by atoms with E-state index in [4.69, 9.17) is 4.74 Å². The summed E-state index contributed by atoms with van der Waals surface area (Å²) in [5.74, 6) is 1.38. The first kappa shape index (κ1) is 19.0. The Kier molecular flexibility index (Phi) is 5.72. The van der Waals surface area contributed by atoms with Crippen molar-refractivity contribution in [3.8, 4) is 5.75 Å².